The third kappa shape index (κ3) is 5.28. The molecule has 0 amide bonds. The maximum atomic E-state index is 12.2. The van der Waals surface area contributed by atoms with Gasteiger partial charge in [-0.05, 0) is 36.2 Å². The van der Waals surface area contributed by atoms with Gasteiger partial charge in [0.05, 0.1) is 12.7 Å². The van der Waals surface area contributed by atoms with E-state index < -0.39 is 16.1 Å². The van der Waals surface area contributed by atoms with Gasteiger partial charge in [0.2, 0.25) is 0 Å². The molecular weight excluding hydrogens is 346 g/mol. The fourth-order valence-corrected chi connectivity index (χ4v) is 3.18. The van der Waals surface area contributed by atoms with Crippen LogP contribution in [0.2, 0.25) is 0 Å². The number of ether oxygens (including phenoxy) is 1. The van der Waals surface area contributed by atoms with E-state index in [1.54, 1.807) is 36.4 Å². The Morgan fingerprint density at radius 3 is 2.64 bits per heavy atom. The molecule has 2 rings (SSSR count). The molecule has 0 aliphatic heterocycles. The summed E-state index contributed by atoms with van der Waals surface area (Å²) in [5, 5.41) is 11.8. The molecule has 0 aliphatic carbocycles. The van der Waals surface area contributed by atoms with Gasteiger partial charge in [-0.2, -0.15) is 8.42 Å². The van der Waals surface area contributed by atoms with Crippen LogP contribution in [0.1, 0.15) is 15.9 Å². The predicted octanol–water partition coefficient (Wildman–Crippen LogP) is 1.89. The normalized spacial score (nSPS) is 11.2. The number of para-hydroxylation sites is 1. The first-order chi connectivity index (χ1) is 11.9. The van der Waals surface area contributed by atoms with E-state index >= 15 is 0 Å². The predicted molar refractivity (Wildman–Crippen MR) is 91.2 cm³/mol. The minimum Gasteiger partial charge on any atom is -0.495 e. The summed E-state index contributed by atoms with van der Waals surface area (Å²) in [5.74, 6) is -0.769. The lowest BCUT2D eigenvalue weighted by Crippen LogP contribution is -2.23. The summed E-state index contributed by atoms with van der Waals surface area (Å²) in [6.45, 7) is 0.240. The Kier molecular flexibility index (Phi) is 6.51. The highest BCUT2D eigenvalue weighted by Crippen LogP contribution is 2.24. The van der Waals surface area contributed by atoms with Crippen LogP contribution in [0.15, 0.2) is 53.4 Å². The minimum atomic E-state index is -3.93. The van der Waals surface area contributed by atoms with Crippen molar-refractivity contribution in [2.75, 3.05) is 20.4 Å². The van der Waals surface area contributed by atoms with E-state index in [0.717, 1.165) is 5.56 Å². The van der Waals surface area contributed by atoms with Gasteiger partial charge in [-0.1, -0.05) is 24.3 Å². The topological polar surface area (TPSA) is 102 Å². The molecule has 134 valence electrons. The number of hydrogen-bond acceptors (Lipinski definition) is 6. The van der Waals surface area contributed by atoms with E-state index in [-0.39, 0.29) is 22.9 Å². The lowest BCUT2D eigenvalue weighted by molar-refractivity contribution is 0.0696. The minimum absolute atomic E-state index is 0.0338. The molecule has 0 saturated heterocycles. The van der Waals surface area contributed by atoms with Crippen molar-refractivity contribution >= 4 is 16.1 Å². The lowest BCUT2D eigenvalue weighted by atomic mass is 10.1. The fraction of sp³-hybridized carbons (Fsp3) is 0.235. The van der Waals surface area contributed by atoms with Crippen molar-refractivity contribution in [2.24, 2.45) is 0 Å². The standard InChI is InChI=1S/C17H19NO6S/c1-23-15-7-2-3-8-16(15)25(21,22)24-12-18-10-9-13-5-4-6-14(11-13)17(19)20/h2-8,11,18H,9-10,12H2,1H3,(H,19,20). The number of nitrogens with one attached hydrogen (secondary N) is 1. The summed E-state index contributed by atoms with van der Waals surface area (Å²) in [4.78, 5) is 10.9. The molecule has 8 heteroatoms. The number of benzene rings is 2. The van der Waals surface area contributed by atoms with Gasteiger partial charge in [0.1, 0.15) is 17.4 Å². The Balaban J connectivity index is 1.85. The Labute approximate surface area is 146 Å². The van der Waals surface area contributed by atoms with E-state index in [9.17, 15) is 13.2 Å². The summed E-state index contributed by atoms with van der Waals surface area (Å²) in [7, 11) is -2.54. The molecule has 0 bridgehead atoms. The monoisotopic (exact) mass is 365 g/mol. The largest absolute Gasteiger partial charge is 0.495 e. The highest BCUT2D eigenvalue weighted by Gasteiger charge is 2.19. The van der Waals surface area contributed by atoms with Gasteiger partial charge in [0.15, 0.2) is 0 Å². The van der Waals surface area contributed by atoms with Crippen molar-refractivity contribution in [3.8, 4) is 5.75 Å². The molecular formula is C17H19NO6S. The Morgan fingerprint density at radius 1 is 1.16 bits per heavy atom. The molecule has 0 unspecified atom stereocenters. The smallest absolute Gasteiger partial charge is 0.335 e. The maximum absolute atomic E-state index is 12.2. The summed E-state index contributed by atoms with van der Waals surface area (Å²) in [5.41, 5.74) is 1.05. The first-order valence-electron chi connectivity index (χ1n) is 7.49. The van der Waals surface area contributed by atoms with Gasteiger partial charge < -0.3 is 9.84 Å². The number of hydrogen-bond donors (Lipinski definition) is 2. The molecule has 2 aromatic rings. The highest BCUT2D eigenvalue weighted by molar-refractivity contribution is 7.86. The summed E-state index contributed by atoms with van der Waals surface area (Å²) < 4.78 is 34.3. The molecule has 7 nitrogen and oxygen atoms in total. The third-order valence-electron chi connectivity index (χ3n) is 3.42. The molecule has 0 heterocycles. The molecule has 0 spiro atoms. The van der Waals surface area contributed by atoms with Gasteiger partial charge >= 0.3 is 16.1 Å². The van der Waals surface area contributed by atoms with Gasteiger partial charge in [0.25, 0.3) is 0 Å². The van der Waals surface area contributed by atoms with Gasteiger partial charge in [-0.25, -0.2) is 4.79 Å². The van der Waals surface area contributed by atoms with Crippen LogP contribution in [-0.2, 0) is 20.7 Å². The quantitative estimate of drug-likeness (QED) is 0.397. The molecule has 0 radical (unpaired) electrons. The second-order valence-corrected chi connectivity index (χ2v) is 6.71. The molecule has 0 aliphatic rings. The van der Waals surface area contributed by atoms with Crippen LogP contribution < -0.4 is 10.1 Å². The molecule has 25 heavy (non-hydrogen) atoms. The first-order valence-corrected chi connectivity index (χ1v) is 8.90. The zero-order valence-electron chi connectivity index (χ0n) is 13.6. The summed E-state index contributed by atoms with van der Waals surface area (Å²) in [6.07, 6.45) is 0.541. The van der Waals surface area contributed by atoms with Crippen molar-refractivity contribution in [2.45, 2.75) is 11.3 Å². The molecule has 2 N–H and O–H groups in total. The van der Waals surface area contributed by atoms with Crippen molar-refractivity contribution in [1.82, 2.24) is 5.32 Å². The average Bonchev–Trinajstić information content (AvgIpc) is 2.61. The van der Waals surface area contributed by atoms with E-state index in [1.165, 1.54) is 19.2 Å². The Morgan fingerprint density at radius 2 is 1.92 bits per heavy atom. The summed E-state index contributed by atoms with van der Waals surface area (Å²) in [6, 6.07) is 12.8. The second-order valence-electron chi connectivity index (χ2n) is 5.12. The fourth-order valence-electron chi connectivity index (χ4n) is 2.17. The lowest BCUT2D eigenvalue weighted by Gasteiger charge is -2.10. The Hall–Kier alpha value is -2.42. The van der Waals surface area contributed by atoms with Gasteiger partial charge in [0, 0.05) is 6.54 Å². The van der Waals surface area contributed by atoms with Crippen LogP contribution in [-0.4, -0.2) is 39.9 Å². The first kappa shape index (κ1) is 18.9. The van der Waals surface area contributed by atoms with E-state index in [4.69, 9.17) is 14.0 Å². The molecule has 2 aromatic carbocycles. The van der Waals surface area contributed by atoms with Crippen molar-refractivity contribution in [1.29, 1.82) is 0 Å². The van der Waals surface area contributed by atoms with Crippen LogP contribution in [0, 0.1) is 0 Å². The van der Waals surface area contributed by atoms with Gasteiger partial charge in [-0.3, -0.25) is 9.50 Å². The zero-order valence-corrected chi connectivity index (χ0v) is 14.5. The number of rotatable bonds is 9. The SMILES string of the molecule is COc1ccccc1S(=O)(=O)OCNCCc1cccc(C(=O)O)c1. The Bertz CT molecular complexity index is 835. The van der Waals surface area contributed by atoms with Gasteiger partial charge in [-0.15, -0.1) is 0 Å². The van der Waals surface area contributed by atoms with Crippen molar-refractivity contribution in [3.05, 3.63) is 59.7 Å². The van der Waals surface area contributed by atoms with Crippen LogP contribution in [0.25, 0.3) is 0 Å². The van der Waals surface area contributed by atoms with E-state index in [2.05, 4.69) is 5.32 Å². The van der Waals surface area contributed by atoms with E-state index in [0.29, 0.717) is 13.0 Å². The maximum Gasteiger partial charge on any atom is 0.335 e. The number of carboxylic acid groups (broad SMARTS) is 1. The van der Waals surface area contributed by atoms with E-state index in [1.807, 2.05) is 0 Å². The average molecular weight is 365 g/mol. The van der Waals surface area contributed by atoms with Crippen LogP contribution in [0.3, 0.4) is 0 Å². The van der Waals surface area contributed by atoms with Crippen LogP contribution in [0.5, 0.6) is 5.75 Å². The molecule has 0 saturated carbocycles. The van der Waals surface area contributed by atoms with Crippen molar-refractivity contribution < 1.29 is 27.2 Å². The second kappa shape index (κ2) is 8.61. The number of methoxy groups -OCH3 is 1. The van der Waals surface area contributed by atoms with Crippen LogP contribution >= 0.6 is 0 Å². The molecule has 0 atom stereocenters. The third-order valence-corrected chi connectivity index (χ3v) is 4.72. The summed E-state index contributed by atoms with van der Waals surface area (Å²) >= 11 is 0. The zero-order chi connectivity index (χ0) is 18.3. The number of carboxylic acids is 1. The number of carbonyl (C=O) groups is 1. The molecule has 0 fully saturated rings. The number of aromatic carboxylic acids is 1. The molecule has 0 aromatic heterocycles. The highest BCUT2D eigenvalue weighted by atomic mass is 32.2. The van der Waals surface area contributed by atoms with Crippen molar-refractivity contribution in [3.63, 3.8) is 0 Å². The van der Waals surface area contributed by atoms with Crippen LogP contribution in [0.4, 0.5) is 0 Å².